The van der Waals surface area contributed by atoms with E-state index in [0.717, 1.165) is 25.7 Å². The summed E-state index contributed by atoms with van der Waals surface area (Å²) in [5, 5.41) is 2.13. The van der Waals surface area contributed by atoms with E-state index in [1.54, 1.807) is 11.8 Å². The molecular weight excluding hydrogens is 286 g/mol. The van der Waals surface area contributed by atoms with Crippen LogP contribution < -0.4 is 0 Å². The van der Waals surface area contributed by atoms with Crippen molar-refractivity contribution in [3.05, 3.63) is 54.6 Å². The van der Waals surface area contributed by atoms with E-state index < -0.39 is 10.8 Å². The zero-order valence-electron chi connectivity index (χ0n) is 11.4. The zero-order chi connectivity index (χ0) is 14.1. The van der Waals surface area contributed by atoms with Crippen LogP contribution in [0.25, 0.3) is 10.9 Å². The van der Waals surface area contributed by atoms with Gasteiger partial charge in [-0.25, -0.2) is 4.21 Å². The first kappa shape index (κ1) is 13.5. The summed E-state index contributed by atoms with van der Waals surface area (Å²) in [7, 11) is 0.874. The number of benzene rings is 2. The quantitative estimate of drug-likeness (QED) is 0.680. The van der Waals surface area contributed by atoms with Crippen molar-refractivity contribution in [1.82, 2.24) is 4.57 Å². The maximum absolute atomic E-state index is 12.9. The summed E-state index contributed by atoms with van der Waals surface area (Å²) in [6.45, 7) is 0. The molecule has 102 valence electrons. The van der Waals surface area contributed by atoms with E-state index in [0.29, 0.717) is 0 Å². The number of hydrogen-bond acceptors (Lipinski definition) is 2. The molecule has 2 nitrogen and oxygen atoms in total. The molecule has 0 saturated heterocycles. The molecule has 20 heavy (non-hydrogen) atoms. The summed E-state index contributed by atoms with van der Waals surface area (Å²) in [4.78, 5) is 1.76. The molecule has 0 N–H and O–H groups in total. The summed E-state index contributed by atoms with van der Waals surface area (Å²) >= 11 is 1.64. The van der Waals surface area contributed by atoms with E-state index in [1.807, 2.05) is 61.8 Å². The minimum atomic E-state index is -1.15. The van der Waals surface area contributed by atoms with E-state index in [1.165, 1.54) is 0 Å². The molecular formula is C16H15NOS2. The summed E-state index contributed by atoms with van der Waals surface area (Å²) in [5.41, 5.74) is 1.12. The van der Waals surface area contributed by atoms with Gasteiger partial charge in [0.25, 0.3) is 0 Å². The Bertz CT molecular complexity index is 778. The van der Waals surface area contributed by atoms with Crippen molar-refractivity contribution >= 4 is 33.5 Å². The second-order valence-electron chi connectivity index (χ2n) is 4.50. The second-order valence-corrected chi connectivity index (χ2v) is 6.71. The Morgan fingerprint density at radius 2 is 1.65 bits per heavy atom. The highest BCUT2D eigenvalue weighted by Crippen LogP contribution is 2.35. The van der Waals surface area contributed by atoms with E-state index in [9.17, 15) is 4.21 Å². The molecule has 0 aliphatic heterocycles. The molecule has 0 aliphatic rings. The van der Waals surface area contributed by atoms with Crippen molar-refractivity contribution in [1.29, 1.82) is 0 Å². The second kappa shape index (κ2) is 5.46. The number of rotatable bonds is 3. The maximum Gasteiger partial charge on any atom is 0.0922 e. The topological polar surface area (TPSA) is 22.0 Å². The number of para-hydroxylation sites is 1. The molecule has 0 radical (unpaired) electrons. The molecule has 0 amide bonds. The predicted octanol–water partition coefficient (Wildman–Crippen LogP) is 4.07. The van der Waals surface area contributed by atoms with Crippen molar-refractivity contribution in [2.45, 2.75) is 14.8 Å². The third kappa shape index (κ3) is 2.09. The monoisotopic (exact) mass is 301 g/mol. The van der Waals surface area contributed by atoms with Crippen molar-refractivity contribution in [3.8, 4) is 0 Å². The van der Waals surface area contributed by atoms with Crippen LogP contribution in [0.4, 0.5) is 0 Å². The van der Waals surface area contributed by atoms with Gasteiger partial charge in [0.2, 0.25) is 0 Å². The number of nitrogens with zero attached hydrogens (tertiary/aromatic N) is 1. The number of aromatic nitrogens is 1. The van der Waals surface area contributed by atoms with Gasteiger partial charge in [-0.2, -0.15) is 0 Å². The van der Waals surface area contributed by atoms with Crippen molar-refractivity contribution in [2.24, 2.45) is 7.05 Å². The Morgan fingerprint density at radius 1 is 1.00 bits per heavy atom. The fraction of sp³-hybridized carbons (Fsp3) is 0.125. The lowest BCUT2D eigenvalue weighted by Crippen LogP contribution is -1.95. The van der Waals surface area contributed by atoms with Gasteiger partial charge in [0.15, 0.2) is 0 Å². The zero-order valence-corrected chi connectivity index (χ0v) is 13.0. The molecule has 4 heteroatoms. The first-order valence-electron chi connectivity index (χ1n) is 6.32. The Kier molecular flexibility index (Phi) is 3.68. The van der Waals surface area contributed by atoms with E-state index >= 15 is 0 Å². The van der Waals surface area contributed by atoms with Crippen LogP contribution in [0.3, 0.4) is 0 Å². The van der Waals surface area contributed by atoms with Crippen LogP contribution in [0.1, 0.15) is 0 Å². The number of hydrogen-bond donors (Lipinski definition) is 0. The van der Waals surface area contributed by atoms with Gasteiger partial charge in [-0.3, -0.25) is 0 Å². The molecule has 3 aromatic rings. The fourth-order valence-electron chi connectivity index (χ4n) is 2.41. The smallest absolute Gasteiger partial charge is 0.0922 e. The van der Waals surface area contributed by atoms with Crippen molar-refractivity contribution < 1.29 is 4.21 Å². The average molecular weight is 301 g/mol. The van der Waals surface area contributed by atoms with Crippen molar-refractivity contribution in [3.63, 3.8) is 0 Å². The van der Waals surface area contributed by atoms with Crippen LogP contribution in [0, 0.1) is 0 Å². The van der Waals surface area contributed by atoms with Crippen LogP contribution in [0.15, 0.2) is 69.4 Å². The highest BCUT2D eigenvalue weighted by atomic mass is 32.2. The SMILES string of the molecule is CSc1c(S(=O)c2ccccc2)c2ccccc2n1C. The summed E-state index contributed by atoms with van der Waals surface area (Å²) < 4.78 is 15.1. The van der Waals surface area contributed by atoms with Crippen LogP contribution in [0.2, 0.25) is 0 Å². The number of aryl methyl sites for hydroxylation is 1. The van der Waals surface area contributed by atoms with Crippen LogP contribution in [0.5, 0.6) is 0 Å². The first-order valence-corrected chi connectivity index (χ1v) is 8.69. The van der Waals surface area contributed by atoms with Crippen LogP contribution >= 0.6 is 11.8 Å². The number of fused-ring (bicyclic) bond motifs is 1. The molecule has 1 atom stereocenters. The minimum absolute atomic E-state index is 0.846. The first-order chi connectivity index (χ1) is 9.74. The molecule has 1 heterocycles. The molecule has 2 aromatic carbocycles. The highest BCUT2D eigenvalue weighted by Gasteiger charge is 2.20. The summed E-state index contributed by atoms with van der Waals surface area (Å²) in [5.74, 6) is 0. The molecule has 0 aliphatic carbocycles. The average Bonchev–Trinajstić information content (AvgIpc) is 2.80. The Hall–Kier alpha value is -1.52. The van der Waals surface area contributed by atoms with Gasteiger partial charge in [0.1, 0.15) is 0 Å². The molecule has 0 spiro atoms. The lowest BCUT2D eigenvalue weighted by Gasteiger charge is -2.05. The lowest BCUT2D eigenvalue weighted by atomic mass is 10.2. The van der Waals surface area contributed by atoms with Crippen molar-refractivity contribution in [2.75, 3.05) is 6.26 Å². The normalized spacial score (nSPS) is 12.7. The van der Waals surface area contributed by atoms with Gasteiger partial charge in [-0.1, -0.05) is 36.4 Å². The Morgan fingerprint density at radius 3 is 2.35 bits per heavy atom. The van der Waals surface area contributed by atoms with Crippen LogP contribution in [-0.2, 0) is 17.8 Å². The minimum Gasteiger partial charge on any atom is -0.338 e. The third-order valence-electron chi connectivity index (χ3n) is 3.34. The lowest BCUT2D eigenvalue weighted by molar-refractivity contribution is 0.680. The standard InChI is InChI=1S/C16H15NOS2/c1-17-14-11-7-6-10-13(14)15(16(17)19-2)20(18)12-8-4-3-5-9-12/h3-11H,1-2H3. The van der Waals surface area contributed by atoms with E-state index in [-0.39, 0.29) is 0 Å². The highest BCUT2D eigenvalue weighted by molar-refractivity contribution is 7.99. The maximum atomic E-state index is 12.9. The predicted molar refractivity (Wildman–Crippen MR) is 85.8 cm³/mol. The Balaban J connectivity index is 2.28. The van der Waals surface area contributed by atoms with Gasteiger partial charge >= 0.3 is 0 Å². The number of thioether (sulfide) groups is 1. The molecule has 1 aromatic heterocycles. The van der Waals surface area contributed by atoms with Gasteiger partial charge in [0.05, 0.1) is 20.7 Å². The van der Waals surface area contributed by atoms with Crippen LogP contribution in [-0.4, -0.2) is 15.0 Å². The van der Waals surface area contributed by atoms with E-state index in [2.05, 4.69) is 10.6 Å². The van der Waals surface area contributed by atoms with Gasteiger partial charge in [0, 0.05) is 22.8 Å². The van der Waals surface area contributed by atoms with Gasteiger partial charge in [-0.05, 0) is 24.5 Å². The van der Waals surface area contributed by atoms with Gasteiger partial charge < -0.3 is 4.57 Å². The molecule has 1 unspecified atom stereocenters. The third-order valence-corrected chi connectivity index (χ3v) is 5.82. The van der Waals surface area contributed by atoms with E-state index in [4.69, 9.17) is 0 Å². The largest absolute Gasteiger partial charge is 0.338 e. The summed E-state index contributed by atoms with van der Waals surface area (Å²) in [6, 6.07) is 17.8. The Labute approximate surface area is 125 Å². The molecule has 0 bridgehead atoms. The fourth-order valence-corrected chi connectivity index (χ4v) is 4.86. The summed E-state index contributed by atoms with van der Waals surface area (Å²) in [6.07, 6.45) is 2.03. The molecule has 3 rings (SSSR count). The molecule has 0 saturated carbocycles. The van der Waals surface area contributed by atoms with Gasteiger partial charge in [-0.15, -0.1) is 11.8 Å². The molecule has 0 fully saturated rings.